The van der Waals surface area contributed by atoms with E-state index in [-0.39, 0.29) is 10.8 Å². The summed E-state index contributed by atoms with van der Waals surface area (Å²) in [7, 11) is -3.65. The Morgan fingerprint density at radius 2 is 1.95 bits per heavy atom. The summed E-state index contributed by atoms with van der Waals surface area (Å²) >= 11 is 0. The molecule has 0 aliphatic rings. The highest BCUT2D eigenvalue weighted by atomic mass is 32.2. The maximum Gasteiger partial charge on any atom is 0.265 e. The van der Waals surface area contributed by atoms with Crippen LogP contribution in [0.1, 0.15) is 43.5 Å². The van der Waals surface area contributed by atoms with Gasteiger partial charge in [-0.25, -0.2) is 8.42 Å². The molecule has 0 fully saturated rings. The minimum Gasteiger partial charge on any atom is -0.279 e. The Bertz CT molecular complexity index is 777. The highest BCUT2D eigenvalue weighted by molar-refractivity contribution is 7.92. The lowest BCUT2D eigenvalue weighted by Crippen LogP contribution is -2.16. The maximum absolute atomic E-state index is 12.7. The SMILES string of the molecule is CCn1ncc(S(=O)(=O)Nc2c(C)cccc2C(C)C)c1C. The third-order valence-corrected chi connectivity index (χ3v) is 5.26. The van der Waals surface area contributed by atoms with Crippen LogP contribution in [0, 0.1) is 13.8 Å². The largest absolute Gasteiger partial charge is 0.279 e. The van der Waals surface area contributed by atoms with Gasteiger partial charge in [0.15, 0.2) is 0 Å². The van der Waals surface area contributed by atoms with Crippen LogP contribution in [0.3, 0.4) is 0 Å². The fourth-order valence-electron chi connectivity index (χ4n) is 2.51. The van der Waals surface area contributed by atoms with Crippen LogP contribution in [0.15, 0.2) is 29.3 Å². The Morgan fingerprint density at radius 1 is 1.27 bits per heavy atom. The van der Waals surface area contributed by atoms with E-state index >= 15 is 0 Å². The lowest BCUT2D eigenvalue weighted by Gasteiger charge is -2.17. The smallest absolute Gasteiger partial charge is 0.265 e. The van der Waals surface area contributed by atoms with E-state index in [9.17, 15) is 8.42 Å². The van der Waals surface area contributed by atoms with Crippen LogP contribution in [-0.4, -0.2) is 18.2 Å². The molecule has 2 rings (SSSR count). The Balaban J connectivity index is 2.48. The highest BCUT2D eigenvalue weighted by Crippen LogP contribution is 2.30. The average Bonchev–Trinajstić information content (AvgIpc) is 2.82. The number of rotatable bonds is 5. The Labute approximate surface area is 132 Å². The predicted molar refractivity (Wildman–Crippen MR) is 88.7 cm³/mol. The van der Waals surface area contributed by atoms with Crippen molar-refractivity contribution in [3.05, 3.63) is 41.2 Å². The Morgan fingerprint density at radius 3 is 2.50 bits per heavy atom. The van der Waals surface area contributed by atoms with Crippen LogP contribution >= 0.6 is 0 Å². The lowest BCUT2D eigenvalue weighted by atomic mass is 9.99. The summed E-state index contributed by atoms with van der Waals surface area (Å²) in [5, 5.41) is 4.12. The van der Waals surface area contributed by atoms with E-state index in [1.54, 1.807) is 11.6 Å². The van der Waals surface area contributed by atoms with Gasteiger partial charge in [-0.15, -0.1) is 0 Å². The zero-order valence-electron chi connectivity index (χ0n) is 13.7. The summed E-state index contributed by atoms with van der Waals surface area (Å²) in [5.41, 5.74) is 3.22. The van der Waals surface area contributed by atoms with Crippen molar-refractivity contribution in [2.24, 2.45) is 0 Å². The highest BCUT2D eigenvalue weighted by Gasteiger charge is 2.23. The molecule has 1 heterocycles. The first-order valence-corrected chi connectivity index (χ1v) is 8.91. The second kappa shape index (κ2) is 6.12. The molecule has 1 aromatic heterocycles. The number of nitrogens with one attached hydrogen (secondary N) is 1. The minimum absolute atomic E-state index is 0.229. The van der Waals surface area contributed by atoms with Gasteiger partial charge in [0.25, 0.3) is 10.0 Å². The molecule has 120 valence electrons. The van der Waals surface area contributed by atoms with E-state index < -0.39 is 10.0 Å². The van der Waals surface area contributed by atoms with Crippen molar-refractivity contribution in [1.29, 1.82) is 0 Å². The molecular weight excluding hydrogens is 298 g/mol. The first-order valence-electron chi connectivity index (χ1n) is 7.42. The van der Waals surface area contributed by atoms with Gasteiger partial charge >= 0.3 is 0 Å². The van der Waals surface area contributed by atoms with E-state index in [0.717, 1.165) is 11.1 Å². The van der Waals surface area contributed by atoms with Gasteiger partial charge in [0.05, 0.1) is 17.6 Å². The molecule has 0 bridgehead atoms. The van der Waals surface area contributed by atoms with Crippen LogP contribution in [0.5, 0.6) is 0 Å². The lowest BCUT2D eigenvalue weighted by molar-refractivity contribution is 0.598. The zero-order valence-corrected chi connectivity index (χ0v) is 14.5. The fourth-order valence-corrected chi connectivity index (χ4v) is 3.85. The number of hydrogen-bond acceptors (Lipinski definition) is 3. The second-order valence-corrected chi connectivity index (χ2v) is 7.36. The zero-order chi connectivity index (χ0) is 16.5. The molecular formula is C16H23N3O2S. The first-order chi connectivity index (χ1) is 10.3. The maximum atomic E-state index is 12.7. The quantitative estimate of drug-likeness (QED) is 0.917. The summed E-state index contributed by atoms with van der Waals surface area (Å²) in [6.07, 6.45) is 1.41. The summed E-state index contributed by atoms with van der Waals surface area (Å²) in [4.78, 5) is 0.229. The van der Waals surface area contributed by atoms with Gasteiger partial charge in [0, 0.05) is 6.54 Å². The first kappa shape index (κ1) is 16.5. The van der Waals surface area contributed by atoms with Crippen LogP contribution in [0.25, 0.3) is 0 Å². The number of aromatic nitrogens is 2. The fraction of sp³-hybridized carbons (Fsp3) is 0.438. The summed E-state index contributed by atoms with van der Waals surface area (Å²) in [6, 6.07) is 5.81. The van der Waals surface area contributed by atoms with E-state index in [1.165, 1.54) is 6.20 Å². The second-order valence-electron chi connectivity index (χ2n) is 5.71. The number of hydrogen-bond donors (Lipinski definition) is 1. The molecule has 0 spiro atoms. The third kappa shape index (κ3) is 3.02. The molecule has 2 aromatic rings. The van der Waals surface area contributed by atoms with Crippen molar-refractivity contribution in [2.75, 3.05) is 4.72 Å². The average molecular weight is 321 g/mol. The van der Waals surface area contributed by atoms with Gasteiger partial charge in [0.1, 0.15) is 4.90 Å². The van der Waals surface area contributed by atoms with Gasteiger partial charge in [0.2, 0.25) is 0 Å². The molecule has 1 aromatic carbocycles. The van der Waals surface area contributed by atoms with Crippen molar-refractivity contribution in [3.8, 4) is 0 Å². The monoisotopic (exact) mass is 321 g/mol. The van der Waals surface area contributed by atoms with Crippen molar-refractivity contribution < 1.29 is 8.42 Å². The van der Waals surface area contributed by atoms with Crippen LogP contribution in [0.4, 0.5) is 5.69 Å². The van der Waals surface area contributed by atoms with Crippen molar-refractivity contribution in [2.45, 2.75) is 52.0 Å². The third-order valence-electron chi connectivity index (χ3n) is 3.81. The van der Waals surface area contributed by atoms with Gasteiger partial charge < -0.3 is 0 Å². The number of sulfonamides is 1. The summed E-state index contributed by atoms with van der Waals surface area (Å²) in [5.74, 6) is 0.233. The molecule has 0 aliphatic carbocycles. The van der Waals surface area contributed by atoms with Gasteiger partial charge in [-0.05, 0) is 37.8 Å². The minimum atomic E-state index is -3.65. The van der Waals surface area contributed by atoms with E-state index in [1.807, 2.05) is 45.9 Å². The van der Waals surface area contributed by atoms with Crippen molar-refractivity contribution in [1.82, 2.24) is 9.78 Å². The molecule has 0 atom stereocenters. The number of nitrogens with zero attached hydrogens (tertiary/aromatic N) is 2. The van der Waals surface area contributed by atoms with Crippen LogP contribution < -0.4 is 4.72 Å². The van der Waals surface area contributed by atoms with E-state index in [2.05, 4.69) is 9.82 Å². The molecule has 0 unspecified atom stereocenters. The van der Waals surface area contributed by atoms with Crippen molar-refractivity contribution >= 4 is 15.7 Å². The Kier molecular flexibility index (Phi) is 4.60. The number of aryl methyl sites for hydroxylation is 2. The van der Waals surface area contributed by atoms with Crippen LogP contribution in [-0.2, 0) is 16.6 Å². The molecule has 5 nitrogen and oxygen atoms in total. The summed E-state index contributed by atoms with van der Waals surface area (Å²) < 4.78 is 29.9. The molecule has 0 radical (unpaired) electrons. The Hall–Kier alpha value is -1.82. The van der Waals surface area contributed by atoms with Crippen molar-refractivity contribution in [3.63, 3.8) is 0 Å². The number of benzene rings is 1. The van der Waals surface area contributed by atoms with Gasteiger partial charge in [-0.3, -0.25) is 9.40 Å². The van der Waals surface area contributed by atoms with E-state index in [4.69, 9.17) is 0 Å². The predicted octanol–water partition coefficient (Wildman–Crippen LogP) is 3.44. The number of anilines is 1. The molecule has 0 aliphatic heterocycles. The number of para-hydroxylation sites is 1. The molecule has 1 N–H and O–H groups in total. The van der Waals surface area contributed by atoms with Gasteiger partial charge in [-0.2, -0.15) is 5.10 Å². The summed E-state index contributed by atoms with van der Waals surface area (Å²) in [6.45, 7) is 10.4. The van der Waals surface area contributed by atoms with Gasteiger partial charge in [-0.1, -0.05) is 32.0 Å². The normalized spacial score (nSPS) is 11.9. The molecule has 0 amide bonds. The molecule has 6 heteroatoms. The van der Waals surface area contributed by atoms with Crippen LogP contribution in [0.2, 0.25) is 0 Å². The molecule has 22 heavy (non-hydrogen) atoms. The topological polar surface area (TPSA) is 64.0 Å². The molecule has 0 saturated heterocycles. The van der Waals surface area contributed by atoms with E-state index in [0.29, 0.717) is 17.9 Å². The standard InChI is InChI=1S/C16H23N3O2S/c1-6-19-13(5)15(10-17-19)22(20,21)18-16-12(4)8-7-9-14(16)11(2)3/h7-11,18H,6H2,1-5H3. The molecule has 0 saturated carbocycles.